The molecule has 0 bridgehead atoms. The third kappa shape index (κ3) is 4.52. The van der Waals surface area contributed by atoms with Crippen LogP contribution in [0.1, 0.15) is 11.1 Å². The molecule has 0 spiro atoms. The monoisotopic (exact) mass is 495 g/mol. The molecule has 35 heavy (non-hydrogen) atoms. The number of aromatic nitrogens is 2. The molecule has 0 aliphatic heterocycles. The van der Waals surface area contributed by atoms with Gasteiger partial charge in [0, 0.05) is 17.8 Å². The van der Waals surface area contributed by atoms with Gasteiger partial charge in [-0.3, -0.25) is 14.2 Å². The van der Waals surface area contributed by atoms with E-state index in [1.54, 1.807) is 35.7 Å². The van der Waals surface area contributed by atoms with E-state index in [9.17, 15) is 14.4 Å². The Morgan fingerprint density at radius 1 is 0.943 bits per heavy atom. The molecule has 2 aromatic carbocycles. The third-order valence-electron chi connectivity index (χ3n) is 5.47. The fraction of sp³-hybridized carbons (Fsp3) is 0.240. The van der Waals surface area contributed by atoms with Gasteiger partial charge in [-0.05, 0) is 48.6 Å². The second-order valence-electron chi connectivity index (χ2n) is 7.95. The van der Waals surface area contributed by atoms with Crippen molar-refractivity contribution in [2.45, 2.75) is 20.4 Å². The average Bonchev–Trinajstić information content (AvgIpc) is 3.31. The smallest absolute Gasteiger partial charge is 0.336 e. The molecule has 0 radical (unpaired) electrons. The van der Waals surface area contributed by atoms with E-state index in [1.165, 1.54) is 37.2 Å². The first-order valence-corrected chi connectivity index (χ1v) is 11.6. The van der Waals surface area contributed by atoms with E-state index < -0.39 is 17.2 Å². The largest absolute Gasteiger partial charge is 0.493 e. The highest BCUT2D eigenvalue weighted by molar-refractivity contribution is 7.17. The van der Waals surface area contributed by atoms with E-state index in [4.69, 9.17) is 14.2 Å². The molecule has 0 unspecified atom stereocenters. The van der Waals surface area contributed by atoms with Crippen molar-refractivity contribution in [3.8, 4) is 22.9 Å². The van der Waals surface area contributed by atoms with Crippen molar-refractivity contribution in [1.82, 2.24) is 9.13 Å². The first-order chi connectivity index (χ1) is 16.8. The van der Waals surface area contributed by atoms with Crippen LogP contribution in [0.15, 0.2) is 51.4 Å². The van der Waals surface area contributed by atoms with E-state index in [1.807, 2.05) is 19.9 Å². The van der Waals surface area contributed by atoms with Crippen molar-refractivity contribution in [1.29, 1.82) is 0 Å². The summed E-state index contributed by atoms with van der Waals surface area (Å²) >= 11 is 1.23. The Bertz CT molecular complexity index is 1500. The van der Waals surface area contributed by atoms with Gasteiger partial charge in [-0.25, -0.2) is 9.36 Å². The van der Waals surface area contributed by atoms with Gasteiger partial charge in [-0.2, -0.15) is 0 Å². The lowest BCUT2D eigenvalue weighted by atomic mass is 10.1. The van der Waals surface area contributed by atoms with E-state index in [0.717, 1.165) is 15.7 Å². The molecule has 1 N–H and O–H groups in total. The number of rotatable bonds is 7. The summed E-state index contributed by atoms with van der Waals surface area (Å²) in [6.07, 6.45) is 0. The topological polar surface area (TPSA) is 101 Å². The lowest BCUT2D eigenvalue weighted by Crippen LogP contribution is -2.40. The molecule has 4 rings (SSSR count). The number of aryl methyl sites for hydroxylation is 2. The van der Waals surface area contributed by atoms with Crippen LogP contribution in [0.5, 0.6) is 17.2 Å². The van der Waals surface area contributed by atoms with Gasteiger partial charge in [-0.1, -0.05) is 6.07 Å². The van der Waals surface area contributed by atoms with Gasteiger partial charge < -0.3 is 19.5 Å². The number of anilines is 1. The number of carbonyl (C=O) groups is 1. The zero-order chi connectivity index (χ0) is 25.3. The van der Waals surface area contributed by atoms with E-state index in [-0.39, 0.29) is 6.54 Å². The summed E-state index contributed by atoms with van der Waals surface area (Å²) in [6.45, 7) is 3.50. The summed E-state index contributed by atoms with van der Waals surface area (Å²) in [5, 5.41) is 4.50. The van der Waals surface area contributed by atoms with Gasteiger partial charge >= 0.3 is 5.69 Å². The number of fused-ring (bicyclic) bond motifs is 1. The van der Waals surface area contributed by atoms with E-state index in [0.29, 0.717) is 38.8 Å². The number of amides is 1. The fourth-order valence-electron chi connectivity index (χ4n) is 4.04. The molecular weight excluding hydrogens is 470 g/mol. The summed E-state index contributed by atoms with van der Waals surface area (Å²) in [7, 11) is 4.44. The molecule has 0 saturated heterocycles. The molecule has 9 nitrogen and oxygen atoms in total. The van der Waals surface area contributed by atoms with Crippen molar-refractivity contribution in [2.75, 3.05) is 26.6 Å². The molecule has 182 valence electrons. The first kappa shape index (κ1) is 24.1. The van der Waals surface area contributed by atoms with Crippen LogP contribution in [0.25, 0.3) is 15.9 Å². The summed E-state index contributed by atoms with van der Waals surface area (Å²) in [6, 6.07) is 10.4. The Morgan fingerprint density at radius 2 is 1.57 bits per heavy atom. The highest BCUT2D eigenvalue weighted by Gasteiger charge is 2.19. The van der Waals surface area contributed by atoms with Gasteiger partial charge in [0.25, 0.3) is 5.56 Å². The molecule has 0 aliphatic rings. The highest BCUT2D eigenvalue weighted by Crippen LogP contribution is 2.39. The number of thiophene rings is 1. The lowest BCUT2D eigenvalue weighted by Gasteiger charge is -2.16. The molecule has 0 fully saturated rings. The minimum absolute atomic E-state index is 0.298. The van der Waals surface area contributed by atoms with Gasteiger partial charge in [0.1, 0.15) is 11.2 Å². The van der Waals surface area contributed by atoms with Crippen LogP contribution in [0.2, 0.25) is 0 Å². The lowest BCUT2D eigenvalue weighted by molar-refractivity contribution is -0.116. The summed E-state index contributed by atoms with van der Waals surface area (Å²) in [5.41, 5.74) is 2.12. The Hall–Kier alpha value is -4.05. The quantitative estimate of drug-likeness (QED) is 0.421. The van der Waals surface area contributed by atoms with Crippen LogP contribution in [0.4, 0.5) is 5.69 Å². The molecule has 2 heterocycles. The summed E-state index contributed by atoms with van der Waals surface area (Å²) in [5.74, 6) is 0.690. The SMILES string of the molecule is COc1cc(NC(=O)Cn2c(=O)n(-c3cc(C)cc(C)c3)c(=O)c3sccc32)cc(OC)c1OC. The minimum Gasteiger partial charge on any atom is -0.493 e. The Labute approximate surface area is 205 Å². The summed E-state index contributed by atoms with van der Waals surface area (Å²) < 4.78 is 18.8. The fourth-order valence-corrected chi connectivity index (χ4v) is 4.87. The van der Waals surface area contributed by atoms with E-state index in [2.05, 4.69) is 5.32 Å². The molecule has 0 saturated carbocycles. The van der Waals surface area contributed by atoms with Crippen molar-refractivity contribution in [2.24, 2.45) is 0 Å². The van der Waals surface area contributed by atoms with Gasteiger partial charge in [0.05, 0.1) is 32.5 Å². The Morgan fingerprint density at radius 3 is 2.14 bits per heavy atom. The number of methoxy groups -OCH3 is 3. The highest BCUT2D eigenvalue weighted by atomic mass is 32.1. The summed E-state index contributed by atoms with van der Waals surface area (Å²) in [4.78, 5) is 39.7. The van der Waals surface area contributed by atoms with Crippen LogP contribution in [0, 0.1) is 13.8 Å². The van der Waals surface area contributed by atoms with Gasteiger partial charge in [0.2, 0.25) is 11.7 Å². The maximum absolute atomic E-state index is 13.5. The third-order valence-corrected chi connectivity index (χ3v) is 6.36. The molecule has 1 amide bonds. The van der Waals surface area contributed by atoms with Gasteiger partial charge in [0.15, 0.2) is 11.5 Å². The van der Waals surface area contributed by atoms with Crippen LogP contribution in [0.3, 0.4) is 0 Å². The van der Waals surface area contributed by atoms with Crippen molar-refractivity contribution in [3.63, 3.8) is 0 Å². The predicted octanol–water partition coefficient (Wildman–Crippen LogP) is 3.50. The predicted molar refractivity (Wildman–Crippen MR) is 136 cm³/mol. The molecule has 0 aliphatic carbocycles. The molecule has 2 aromatic heterocycles. The van der Waals surface area contributed by atoms with Crippen LogP contribution >= 0.6 is 11.3 Å². The normalized spacial score (nSPS) is 10.9. The molecule has 0 atom stereocenters. The van der Waals surface area contributed by atoms with Gasteiger partial charge in [-0.15, -0.1) is 11.3 Å². The number of hydrogen-bond donors (Lipinski definition) is 1. The first-order valence-electron chi connectivity index (χ1n) is 10.7. The number of nitrogens with zero attached hydrogens (tertiary/aromatic N) is 2. The van der Waals surface area contributed by atoms with Crippen LogP contribution in [-0.4, -0.2) is 36.4 Å². The molecule has 10 heteroatoms. The standard InChI is InChI=1S/C25H25N3O6S/c1-14-8-15(2)10-17(9-14)28-24(30)23-18(6-7-35-23)27(25(28)31)13-21(29)26-16-11-19(32-3)22(34-5)20(12-16)33-4/h6-12H,13H2,1-5H3,(H,26,29). The zero-order valence-corrected chi connectivity index (χ0v) is 20.8. The second kappa shape index (κ2) is 9.67. The Kier molecular flexibility index (Phi) is 6.65. The zero-order valence-electron chi connectivity index (χ0n) is 20.0. The van der Waals surface area contributed by atoms with Crippen molar-refractivity contribution in [3.05, 3.63) is 73.7 Å². The van der Waals surface area contributed by atoms with Crippen LogP contribution in [-0.2, 0) is 11.3 Å². The van der Waals surface area contributed by atoms with Crippen molar-refractivity contribution < 1.29 is 19.0 Å². The Balaban J connectivity index is 1.76. The number of carbonyl (C=O) groups excluding carboxylic acids is 1. The maximum atomic E-state index is 13.5. The number of benzene rings is 2. The molecular formula is C25H25N3O6S. The van der Waals surface area contributed by atoms with Crippen LogP contribution < -0.4 is 30.8 Å². The minimum atomic E-state index is -0.592. The number of nitrogens with one attached hydrogen (secondary N) is 1. The molecule has 4 aromatic rings. The van der Waals surface area contributed by atoms with Crippen molar-refractivity contribution >= 4 is 33.1 Å². The number of ether oxygens (including phenoxy) is 3. The maximum Gasteiger partial charge on any atom is 0.336 e. The second-order valence-corrected chi connectivity index (χ2v) is 8.87. The average molecular weight is 496 g/mol. The van der Waals surface area contributed by atoms with E-state index >= 15 is 0 Å². The number of hydrogen-bond acceptors (Lipinski definition) is 7.